The third-order valence-electron chi connectivity index (χ3n) is 0.240. The van der Waals surface area contributed by atoms with Crippen molar-refractivity contribution in [2.24, 2.45) is 0 Å². The average Bonchev–Trinajstić information content (AvgIpc) is 1.35. The maximum Gasteiger partial charge on any atom is 3.00 e. The monoisotopic (exact) mass is 136 g/mol. The molecule has 0 spiro atoms. The molecule has 5 heteroatoms. The zero-order valence-electron chi connectivity index (χ0n) is 4.00. The molecule has 0 saturated carbocycles. The summed E-state index contributed by atoms with van der Waals surface area (Å²) >= 11 is 0. The minimum atomic E-state index is -2.35. The predicted molar refractivity (Wildman–Crippen MR) is 27.2 cm³/mol. The van der Waals surface area contributed by atoms with E-state index >= 15 is 0 Å². The van der Waals surface area contributed by atoms with Crippen LogP contribution in [0.2, 0.25) is 0 Å². The Hall–Kier alpha value is 0.552. The van der Waals surface area contributed by atoms with Gasteiger partial charge in [0.1, 0.15) is 6.61 Å². The van der Waals surface area contributed by atoms with Gasteiger partial charge in [0.2, 0.25) is 0 Å². The van der Waals surface area contributed by atoms with Crippen LogP contribution in [0.1, 0.15) is 6.92 Å². The summed E-state index contributed by atoms with van der Waals surface area (Å²) < 4.78 is 13.6. The smallest absolute Gasteiger partial charge is 0.133 e. The first-order valence-corrected chi connectivity index (χ1v) is 2.69. The van der Waals surface area contributed by atoms with Crippen LogP contribution in [-0.4, -0.2) is 28.9 Å². The first-order chi connectivity index (χ1) is 2.77. The largest absolute Gasteiger partial charge is 3.00 e. The zero-order valence-corrected chi connectivity index (χ0v) is 6.04. The Morgan fingerprint density at radius 2 is 2.29 bits per heavy atom. The molecule has 36 valence electrons. The van der Waals surface area contributed by atoms with E-state index in [1.54, 1.807) is 6.92 Å². The standard InChI is InChI=1S/C2H5O3P.Al/c1-2-5-6(3)4;/h2H2,1H3;/q;+3/p+1. The molecule has 0 aliphatic heterocycles. The van der Waals surface area contributed by atoms with Crippen LogP contribution in [0.3, 0.4) is 0 Å². The Balaban J connectivity index is 0. The van der Waals surface area contributed by atoms with E-state index in [4.69, 9.17) is 4.89 Å². The van der Waals surface area contributed by atoms with Crippen molar-refractivity contribution in [2.45, 2.75) is 6.92 Å². The molecule has 0 radical (unpaired) electrons. The third-order valence-corrected chi connectivity index (χ3v) is 0.719. The SMILES string of the molecule is CCO[P+](=O)O.[Al+3]. The van der Waals surface area contributed by atoms with Gasteiger partial charge in [0.15, 0.2) is 0 Å². The van der Waals surface area contributed by atoms with E-state index in [0.717, 1.165) is 0 Å². The molecule has 0 heterocycles. The molecule has 0 aromatic carbocycles. The molecule has 7 heavy (non-hydrogen) atoms. The second kappa shape index (κ2) is 6.55. The maximum atomic E-state index is 9.53. The van der Waals surface area contributed by atoms with E-state index in [0.29, 0.717) is 6.61 Å². The Kier molecular flexibility index (Phi) is 9.85. The Morgan fingerprint density at radius 3 is 2.29 bits per heavy atom. The van der Waals surface area contributed by atoms with Crippen LogP contribution in [0.25, 0.3) is 0 Å². The summed E-state index contributed by atoms with van der Waals surface area (Å²) in [5, 5.41) is 0. The molecule has 0 aliphatic carbocycles. The van der Waals surface area contributed by atoms with Crippen LogP contribution in [0.4, 0.5) is 0 Å². The van der Waals surface area contributed by atoms with E-state index in [1.165, 1.54) is 0 Å². The fourth-order valence-corrected chi connectivity index (χ4v) is 0.331. The van der Waals surface area contributed by atoms with Crippen molar-refractivity contribution in [3.05, 3.63) is 0 Å². The molecular weight excluding hydrogens is 130 g/mol. The van der Waals surface area contributed by atoms with E-state index in [2.05, 4.69) is 4.52 Å². The van der Waals surface area contributed by atoms with Gasteiger partial charge in [0, 0.05) is 4.57 Å². The Labute approximate surface area is 53.8 Å². The normalized spacial score (nSPS) is 9.71. The minimum absolute atomic E-state index is 0. The summed E-state index contributed by atoms with van der Waals surface area (Å²) in [6.45, 7) is 1.95. The first-order valence-electron chi connectivity index (χ1n) is 1.56. The van der Waals surface area contributed by atoms with Gasteiger partial charge < -0.3 is 0 Å². The topological polar surface area (TPSA) is 46.5 Å². The zero-order chi connectivity index (χ0) is 4.99. The van der Waals surface area contributed by atoms with Gasteiger partial charge in [-0.25, -0.2) is 0 Å². The van der Waals surface area contributed by atoms with Crippen molar-refractivity contribution in [2.75, 3.05) is 6.61 Å². The van der Waals surface area contributed by atoms with Crippen molar-refractivity contribution in [3.8, 4) is 0 Å². The van der Waals surface area contributed by atoms with Crippen LogP contribution in [0, 0.1) is 0 Å². The summed E-state index contributed by atoms with van der Waals surface area (Å²) in [5.41, 5.74) is 0. The van der Waals surface area contributed by atoms with Crippen molar-refractivity contribution >= 4 is 25.6 Å². The molecule has 0 amide bonds. The van der Waals surface area contributed by atoms with Gasteiger partial charge in [-0.05, 0) is 6.92 Å². The van der Waals surface area contributed by atoms with Crippen molar-refractivity contribution in [3.63, 3.8) is 0 Å². The second-order valence-corrected chi connectivity index (χ2v) is 1.39. The summed E-state index contributed by atoms with van der Waals surface area (Å²) in [6, 6.07) is 0. The quantitative estimate of drug-likeness (QED) is 0.438. The van der Waals surface area contributed by atoms with Gasteiger partial charge in [-0.3, -0.25) is 0 Å². The molecule has 0 aliphatic rings. The Bertz CT molecular complexity index is 56.9. The van der Waals surface area contributed by atoms with E-state index in [9.17, 15) is 4.57 Å². The maximum absolute atomic E-state index is 9.53. The van der Waals surface area contributed by atoms with Crippen LogP contribution >= 0.6 is 8.25 Å². The van der Waals surface area contributed by atoms with Crippen LogP contribution in [0.5, 0.6) is 0 Å². The van der Waals surface area contributed by atoms with Gasteiger partial charge in [-0.2, -0.15) is 0 Å². The molecule has 1 unspecified atom stereocenters. The fraction of sp³-hybridized carbons (Fsp3) is 1.00. The van der Waals surface area contributed by atoms with Crippen molar-refractivity contribution in [1.82, 2.24) is 0 Å². The predicted octanol–water partition coefficient (Wildman–Crippen LogP) is 0.292. The van der Waals surface area contributed by atoms with Gasteiger partial charge in [-0.1, -0.05) is 0 Å². The van der Waals surface area contributed by atoms with Gasteiger partial charge >= 0.3 is 25.6 Å². The summed E-state index contributed by atoms with van der Waals surface area (Å²) in [4.78, 5) is 7.84. The van der Waals surface area contributed by atoms with E-state index in [1.807, 2.05) is 0 Å². The van der Waals surface area contributed by atoms with E-state index < -0.39 is 8.25 Å². The molecule has 0 fully saturated rings. The second-order valence-electron chi connectivity index (χ2n) is 0.656. The van der Waals surface area contributed by atoms with Crippen LogP contribution in [-0.2, 0) is 9.09 Å². The molecule has 0 saturated heterocycles. The number of hydrogen-bond acceptors (Lipinski definition) is 2. The van der Waals surface area contributed by atoms with Crippen LogP contribution < -0.4 is 0 Å². The first kappa shape index (κ1) is 10.5. The summed E-state index contributed by atoms with van der Waals surface area (Å²) in [5.74, 6) is 0. The van der Waals surface area contributed by atoms with Crippen molar-refractivity contribution < 1.29 is 14.0 Å². The third kappa shape index (κ3) is 10.8. The molecular formula is C2H6AlO3P+4. The van der Waals surface area contributed by atoms with Gasteiger partial charge in [0.05, 0.1) is 0 Å². The summed E-state index contributed by atoms with van der Waals surface area (Å²) in [6.07, 6.45) is 0. The molecule has 3 nitrogen and oxygen atoms in total. The Morgan fingerprint density at radius 1 is 1.86 bits per heavy atom. The molecule has 1 N–H and O–H groups in total. The minimum Gasteiger partial charge on any atom is -0.133 e. The number of rotatable bonds is 2. The van der Waals surface area contributed by atoms with Crippen molar-refractivity contribution in [1.29, 1.82) is 0 Å². The summed E-state index contributed by atoms with van der Waals surface area (Å²) in [7, 11) is -2.35. The molecule has 0 bridgehead atoms. The van der Waals surface area contributed by atoms with Gasteiger partial charge in [0.25, 0.3) is 0 Å². The average molecular weight is 136 g/mol. The fourth-order valence-electron chi connectivity index (χ4n) is 0.110. The van der Waals surface area contributed by atoms with Crippen LogP contribution in [0.15, 0.2) is 0 Å². The van der Waals surface area contributed by atoms with E-state index in [-0.39, 0.29) is 17.4 Å². The van der Waals surface area contributed by atoms with Gasteiger partial charge in [-0.15, -0.1) is 9.42 Å². The molecule has 0 aromatic rings. The molecule has 0 rings (SSSR count). The molecule has 0 aromatic heterocycles. The number of hydrogen-bond donors (Lipinski definition) is 1. The molecule has 1 atom stereocenters.